The number of nitrogens with two attached hydrogens (primary N) is 1. The molecule has 0 aliphatic heterocycles. The van der Waals surface area contributed by atoms with Crippen LogP contribution in [0.4, 0.5) is 0 Å². The number of hydrogen-bond donors (Lipinski definition) is 1. The Labute approximate surface area is 117 Å². The first kappa shape index (κ1) is 16.0. The number of hydrogen-bond acceptors (Lipinski definition) is 3. The molecule has 0 aliphatic carbocycles. The second-order valence-corrected chi connectivity index (χ2v) is 6.28. The quantitative estimate of drug-likeness (QED) is 0.888. The molecule has 0 amide bonds. The fraction of sp³-hybridized carbons (Fsp3) is 0.625. The summed E-state index contributed by atoms with van der Waals surface area (Å²) >= 11 is 0. The lowest BCUT2D eigenvalue weighted by atomic mass is 9.88. The van der Waals surface area contributed by atoms with Crippen LogP contribution in [-0.4, -0.2) is 31.6 Å². The summed E-state index contributed by atoms with van der Waals surface area (Å²) in [5.41, 5.74) is 9.86. The van der Waals surface area contributed by atoms with Gasteiger partial charge in [-0.1, -0.05) is 6.07 Å². The Morgan fingerprint density at radius 3 is 2.21 bits per heavy atom. The fourth-order valence-electron chi connectivity index (χ4n) is 2.47. The molecule has 2 N–H and O–H groups in total. The second kappa shape index (κ2) is 5.93. The third kappa shape index (κ3) is 3.95. The summed E-state index contributed by atoms with van der Waals surface area (Å²) in [6.45, 7) is 8.43. The zero-order valence-electron chi connectivity index (χ0n) is 13.4. The molecule has 1 aromatic carbocycles. The van der Waals surface area contributed by atoms with Crippen molar-refractivity contribution in [2.45, 2.75) is 45.7 Å². The highest BCUT2D eigenvalue weighted by molar-refractivity contribution is 5.44. The van der Waals surface area contributed by atoms with Crippen molar-refractivity contribution in [3.63, 3.8) is 0 Å². The standard InChI is InChI=1S/C16H28N2O/c1-11-12(2)15(19-7)9-8-13(11)14(18(5)6)10-16(3,4)17/h8-9,14H,10,17H2,1-7H3. The van der Waals surface area contributed by atoms with Gasteiger partial charge in [-0.2, -0.15) is 0 Å². The summed E-state index contributed by atoms with van der Waals surface area (Å²) < 4.78 is 5.38. The van der Waals surface area contributed by atoms with E-state index >= 15 is 0 Å². The van der Waals surface area contributed by atoms with Crippen LogP contribution in [0.5, 0.6) is 5.75 Å². The van der Waals surface area contributed by atoms with Crippen LogP contribution >= 0.6 is 0 Å². The maximum Gasteiger partial charge on any atom is 0.122 e. The van der Waals surface area contributed by atoms with Gasteiger partial charge in [-0.05, 0) is 71.0 Å². The Morgan fingerprint density at radius 1 is 1.21 bits per heavy atom. The lowest BCUT2D eigenvalue weighted by Gasteiger charge is -2.32. The van der Waals surface area contributed by atoms with E-state index < -0.39 is 0 Å². The third-order valence-corrected chi connectivity index (χ3v) is 3.70. The first-order valence-corrected chi connectivity index (χ1v) is 6.76. The van der Waals surface area contributed by atoms with Crippen molar-refractivity contribution in [2.24, 2.45) is 5.73 Å². The molecule has 0 heterocycles. The highest BCUT2D eigenvalue weighted by Crippen LogP contribution is 2.33. The maximum atomic E-state index is 6.20. The molecular weight excluding hydrogens is 236 g/mol. The molecule has 1 rings (SSSR count). The van der Waals surface area contributed by atoms with Gasteiger partial charge < -0.3 is 15.4 Å². The van der Waals surface area contributed by atoms with Gasteiger partial charge in [0, 0.05) is 11.6 Å². The van der Waals surface area contributed by atoms with Crippen LogP contribution in [0.25, 0.3) is 0 Å². The van der Waals surface area contributed by atoms with E-state index in [4.69, 9.17) is 10.5 Å². The van der Waals surface area contributed by atoms with E-state index in [-0.39, 0.29) is 5.54 Å². The van der Waals surface area contributed by atoms with Gasteiger partial charge in [0.15, 0.2) is 0 Å². The smallest absolute Gasteiger partial charge is 0.122 e. The number of rotatable bonds is 5. The lowest BCUT2D eigenvalue weighted by Crippen LogP contribution is -2.37. The molecule has 19 heavy (non-hydrogen) atoms. The average Bonchev–Trinajstić information content (AvgIpc) is 2.28. The molecule has 108 valence electrons. The van der Waals surface area contributed by atoms with Crippen LogP contribution in [0.2, 0.25) is 0 Å². The second-order valence-electron chi connectivity index (χ2n) is 6.28. The molecule has 0 bridgehead atoms. The van der Waals surface area contributed by atoms with E-state index in [1.807, 2.05) is 0 Å². The minimum absolute atomic E-state index is 0.185. The number of methoxy groups -OCH3 is 1. The van der Waals surface area contributed by atoms with Gasteiger partial charge in [0.1, 0.15) is 5.75 Å². The molecule has 3 nitrogen and oxygen atoms in total. The van der Waals surface area contributed by atoms with Crippen molar-refractivity contribution in [3.8, 4) is 5.75 Å². The lowest BCUT2D eigenvalue weighted by molar-refractivity contribution is 0.242. The van der Waals surface area contributed by atoms with E-state index in [9.17, 15) is 0 Å². The van der Waals surface area contributed by atoms with Crippen LogP contribution in [-0.2, 0) is 0 Å². The van der Waals surface area contributed by atoms with Crippen LogP contribution < -0.4 is 10.5 Å². The molecule has 0 spiro atoms. The summed E-state index contributed by atoms with van der Waals surface area (Å²) in [5, 5.41) is 0. The molecule has 1 aromatic rings. The molecule has 0 radical (unpaired) electrons. The molecule has 0 saturated carbocycles. The predicted molar refractivity (Wildman–Crippen MR) is 81.8 cm³/mol. The predicted octanol–water partition coefficient (Wildman–Crippen LogP) is 3.04. The van der Waals surface area contributed by atoms with Gasteiger partial charge in [-0.3, -0.25) is 0 Å². The highest BCUT2D eigenvalue weighted by atomic mass is 16.5. The number of benzene rings is 1. The Kier molecular flexibility index (Phi) is 4.99. The summed E-state index contributed by atoms with van der Waals surface area (Å²) in [6, 6.07) is 4.54. The van der Waals surface area contributed by atoms with E-state index in [0.717, 1.165) is 12.2 Å². The largest absolute Gasteiger partial charge is 0.496 e. The van der Waals surface area contributed by atoms with Crippen LogP contribution in [0.3, 0.4) is 0 Å². The van der Waals surface area contributed by atoms with Crippen LogP contribution in [0.15, 0.2) is 12.1 Å². The van der Waals surface area contributed by atoms with Crippen molar-refractivity contribution in [3.05, 3.63) is 28.8 Å². The minimum atomic E-state index is -0.185. The number of ether oxygens (including phenoxy) is 1. The van der Waals surface area contributed by atoms with Gasteiger partial charge in [0.2, 0.25) is 0 Å². The van der Waals surface area contributed by atoms with E-state index in [1.165, 1.54) is 16.7 Å². The first-order valence-electron chi connectivity index (χ1n) is 6.76. The monoisotopic (exact) mass is 264 g/mol. The Morgan fingerprint density at radius 2 is 1.79 bits per heavy atom. The summed E-state index contributed by atoms with van der Waals surface area (Å²) in [5.74, 6) is 0.950. The van der Waals surface area contributed by atoms with Gasteiger partial charge in [-0.25, -0.2) is 0 Å². The maximum absolute atomic E-state index is 6.20. The molecule has 1 atom stereocenters. The van der Waals surface area contributed by atoms with E-state index in [1.54, 1.807) is 7.11 Å². The summed E-state index contributed by atoms with van der Waals surface area (Å²) in [6.07, 6.45) is 0.923. The normalized spacial score (nSPS) is 13.7. The first-order chi connectivity index (χ1) is 8.67. The number of nitrogens with zero attached hydrogens (tertiary/aromatic N) is 1. The molecule has 0 fully saturated rings. The van der Waals surface area contributed by atoms with E-state index in [0.29, 0.717) is 6.04 Å². The fourth-order valence-corrected chi connectivity index (χ4v) is 2.47. The zero-order valence-corrected chi connectivity index (χ0v) is 13.4. The minimum Gasteiger partial charge on any atom is -0.496 e. The molecule has 0 aliphatic rings. The van der Waals surface area contributed by atoms with Crippen molar-refractivity contribution in [1.82, 2.24) is 4.90 Å². The molecule has 0 aromatic heterocycles. The van der Waals surface area contributed by atoms with Gasteiger partial charge in [-0.15, -0.1) is 0 Å². The summed E-state index contributed by atoms with van der Waals surface area (Å²) in [7, 11) is 5.93. The van der Waals surface area contributed by atoms with Crippen molar-refractivity contribution in [2.75, 3.05) is 21.2 Å². The molecule has 0 saturated heterocycles. The van der Waals surface area contributed by atoms with Crippen LogP contribution in [0.1, 0.15) is 43.0 Å². The SMILES string of the molecule is COc1ccc(C(CC(C)(C)N)N(C)C)c(C)c1C. The van der Waals surface area contributed by atoms with Crippen LogP contribution in [0, 0.1) is 13.8 Å². The average molecular weight is 264 g/mol. The molecule has 1 unspecified atom stereocenters. The topological polar surface area (TPSA) is 38.5 Å². The van der Waals surface area contributed by atoms with Gasteiger partial charge in [0.25, 0.3) is 0 Å². The highest BCUT2D eigenvalue weighted by Gasteiger charge is 2.24. The van der Waals surface area contributed by atoms with E-state index in [2.05, 4.69) is 58.8 Å². The Hall–Kier alpha value is -1.06. The van der Waals surface area contributed by atoms with Gasteiger partial charge >= 0.3 is 0 Å². The Bertz CT molecular complexity index is 433. The van der Waals surface area contributed by atoms with Crippen molar-refractivity contribution < 1.29 is 4.74 Å². The zero-order chi connectivity index (χ0) is 14.8. The molecule has 3 heteroatoms. The van der Waals surface area contributed by atoms with Crippen molar-refractivity contribution >= 4 is 0 Å². The molecular formula is C16H28N2O. The Balaban J connectivity index is 3.21. The van der Waals surface area contributed by atoms with Gasteiger partial charge in [0.05, 0.1) is 7.11 Å². The summed E-state index contributed by atoms with van der Waals surface area (Å²) in [4.78, 5) is 2.24. The third-order valence-electron chi connectivity index (χ3n) is 3.70. The van der Waals surface area contributed by atoms with Crippen molar-refractivity contribution in [1.29, 1.82) is 0 Å².